The maximum atomic E-state index is 12.4. The number of aromatic nitrogens is 1. The molecule has 0 saturated carbocycles. The molecule has 0 atom stereocenters. The predicted octanol–water partition coefficient (Wildman–Crippen LogP) is 3.91. The molecule has 1 heterocycles. The number of nitrogens with zero attached hydrogens (tertiary/aromatic N) is 2. The molecule has 3 rings (SSSR count). The van der Waals surface area contributed by atoms with E-state index in [4.69, 9.17) is 0 Å². The average Bonchev–Trinajstić information content (AvgIpc) is 2.72. The molecule has 0 aliphatic carbocycles. The smallest absolute Gasteiger partial charge is 0.246 e. The third-order valence-corrected chi connectivity index (χ3v) is 4.50. The highest BCUT2D eigenvalue weighted by atomic mass is 16.2. The van der Waals surface area contributed by atoms with Crippen molar-refractivity contribution in [3.8, 4) is 0 Å². The Morgan fingerprint density at radius 1 is 1.07 bits per heavy atom. The molecule has 2 amide bonds. The molecule has 5 heteroatoms. The van der Waals surface area contributed by atoms with Crippen molar-refractivity contribution in [1.29, 1.82) is 0 Å². The van der Waals surface area contributed by atoms with E-state index in [1.807, 2.05) is 61.5 Å². The quantitative estimate of drug-likeness (QED) is 0.667. The molecular weight excluding hydrogens is 350 g/mol. The lowest BCUT2D eigenvalue weighted by molar-refractivity contribution is -0.129. The van der Waals surface area contributed by atoms with Crippen LogP contribution in [0.3, 0.4) is 0 Å². The number of benzene rings is 2. The van der Waals surface area contributed by atoms with Crippen LogP contribution in [0.25, 0.3) is 17.0 Å². The van der Waals surface area contributed by atoms with E-state index in [1.165, 1.54) is 11.0 Å². The van der Waals surface area contributed by atoms with Gasteiger partial charge in [-0.3, -0.25) is 14.6 Å². The first-order valence-electron chi connectivity index (χ1n) is 9.23. The molecule has 0 spiro atoms. The zero-order valence-electron chi connectivity index (χ0n) is 16.1. The molecule has 0 fully saturated rings. The van der Waals surface area contributed by atoms with Crippen molar-refractivity contribution in [2.75, 3.05) is 18.9 Å². The van der Waals surface area contributed by atoms with Gasteiger partial charge in [0, 0.05) is 36.0 Å². The van der Waals surface area contributed by atoms with Crippen molar-refractivity contribution in [3.05, 3.63) is 78.0 Å². The van der Waals surface area contributed by atoms with E-state index >= 15 is 0 Å². The number of carbonyl (C=O) groups is 2. The van der Waals surface area contributed by atoms with Gasteiger partial charge in [-0.05, 0) is 30.2 Å². The Kier molecular flexibility index (Phi) is 6.17. The van der Waals surface area contributed by atoms with E-state index in [1.54, 1.807) is 19.3 Å². The van der Waals surface area contributed by atoms with Crippen LogP contribution in [0.2, 0.25) is 0 Å². The Balaban J connectivity index is 1.64. The van der Waals surface area contributed by atoms with Crippen molar-refractivity contribution >= 4 is 34.5 Å². The molecule has 0 aliphatic rings. The number of para-hydroxylation sites is 2. The summed E-state index contributed by atoms with van der Waals surface area (Å²) >= 11 is 0. The van der Waals surface area contributed by atoms with E-state index < -0.39 is 0 Å². The van der Waals surface area contributed by atoms with E-state index in [-0.39, 0.29) is 18.4 Å². The largest absolute Gasteiger partial charge is 0.333 e. The molecule has 1 N–H and O–H groups in total. The Bertz CT molecular complexity index is 1020. The van der Waals surface area contributed by atoms with Crippen molar-refractivity contribution in [3.63, 3.8) is 0 Å². The predicted molar refractivity (Wildman–Crippen MR) is 113 cm³/mol. The van der Waals surface area contributed by atoms with Gasteiger partial charge in [0.2, 0.25) is 11.8 Å². The fourth-order valence-corrected chi connectivity index (χ4v) is 2.98. The van der Waals surface area contributed by atoms with Crippen molar-refractivity contribution in [2.45, 2.75) is 13.3 Å². The molecule has 28 heavy (non-hydrogen) atoms. The number of likely N-dealkylation sites (N-methyl/N-ethyl adjacent to an activating group) is 1. The van der Waals surface area contributed by atoms with E-state index in [0.29, 0.717) is 0 Å². The summed E-state index contributed by atoms with van der Waals surface area (Å²) in [5.74, 6) is -0.469. The number of pyridine rings is 1. The summed E-state index contributed by atoms with van der Waals surface area (Å²) in [6.07, 6.45) is 5.76. The minimum atomic E-state index is -0.244. The molecule has 0 radical (unpaired) electrons. The lowest BCUT2D eigenvalue weighted by Crippen LogP contribution is -2.34. The lowest BCUT2D eigenvalue weighted by atomic mass is 10.1. The van der Waals surface area contributed by atoms with Gasteiger partial charge in [0.15, 0.2) is 0 Å². The van der Waals surface area contributed by atoms with Gasteiger partial charge in [0.25, 0.3) is 0 Å². The Hall–Kier alpha value is -3.47. The fraction of sp³-hybridized carbons (Fsp3) is 0.174. The number of anilines is 1. The zero-order valence-corrected chi connectivity index (χ0v) is 16.1. The summed E-state index contributed by atoms with van der Waals surface area (Å²) in [6.45, 7) is 2.02. The minimum absolute atomic E-state index is 0.0188. The van der Waals surface area contributed by atoms with Gasteiger partial charge in [-0.25, -0.2) is 0 Å². The van der Waals surface area contributed by atoms with Gasteiger partial charge in [-0.1, -0.05) is 49.4 Å². The van der Waals surface area contributed by atoms with Crippen LogP contribution in [0.5, 0.6) is 0 Å². The number of carbonyl (C=O) groups excluding carboxylic acids is 2. The van der Waals surface area contributed by atoms with Gasteiger partial charge in [-0.2, -0.15) is 0 Å². The van der Waals surface area contributed by atoms with E-state index in [9.17, 15) is 9.59 Å². The van der Waals surface area contributed by atoms with Crippen molar-refractivity contribution in [2.24, 2.45) is 0 Å². The summed E-state index contributed by atoms with van der Waals surface area (Å²) in [7, 11) is 1.61. The zero-order chi connectivity index (χ0) is 19.9. The van der Waals surface area contributed by atoms with Gasteiger partial charge < -0.3 is 10.2 Å². The second kappa shape index (κ2) is 8.95. The number of amides is 2. The summed E-state index contributed by atoms with van der Waals surface area (Å²) in [4.78, 5) is 30.5. The molecule has 0 bridgehead atoms. The van der Waals surface area contributed by atoms with Gasteiger partial charge >= 0.3 is 0 Å². The van der Waals surface area contributed by atoms with Crippen LogP contribution in [0.15, 0.2) is 66.9 Å². The van der Waals surface area contributed by atoms with Gasteiger partial charge in [0.1, 0.15) is 0 Å². The third kappa shape index (κ3) is 4.62. The summed E-state index contributed by atoms with van der Waals surface area (Å²) in [6, 6.07) is 17.3. The highest BCUT2D eigenvalue weighted by molar-refractivity contribution is 5.99. The highest BCUT2D eigenvalue weighted by Gasteiger charge is 2.12. The number of hydrogen-bond donors (Lipinski definition) is 1. The Morgan fingerprint density at radius 2 is 1.86 bits per heavy atom. The standard InChI is InChI=1S/C23H23N3O2/c1-3-17-8-4-5-12-20(17)25-21(27)16-26(2)22(28)14-13-19-10-6-9-18-11-7-15-24-23(18)19/h4-15H,3,16H2,1-2H3,(H,25,27)/b14-13+. The van der Waals surface area contributed by atoms with Crippen LogP contribution in [0.1, 0.15) is 18.1 Å². The second-order valence-corrected chi connectivity index (χ2v) is 6.51. The van der Waals surface area contributed by atoms with Gasteiger partial charge in [-0.15, -0.1) is 0 Å². The van der Waals surface area contributed by atoms with Crippen LogP contribution < -0.4 is 5.32 Å². The molecule has 0 unspecified atom stereocenters. The number of aryl methyl sites for hydroxylation is 1. The normalized spacial score (nSPS) is 10.9. The molecule has 0 saturated heterocycles. The summed E-state index contributed by atoms with van der Waals surface area (Å²) < 4.78 is 0. The number of nitrogens with one attached hydrogen (secondary N) is 1. The van der Waals surface area contributed by atoms with Crippen molar-refractivity contribution < 1.29 is 9.59 Å². The maximum absolute atomic E-state index is 12.4. The van der Waals surface area contributed by atoms with E-state index in [2.05, 4.69) is 10.3 Å². The molecular formula is C23H23N3O2. The number of rotatable bonds is 6. The van der Waals surface area contributed by atoms with Crippen molar-refractivity contribution in [1.82, 2.24) is 9.88 Å². The minimum Gasteiger partial charge on any atom is -0.333 e. The molecule has 1 aromatic heterocycles. The second-order valence-electron chi connectivity index (χ2n) is 6.51. The van der Waals surface area contributed by atoms with Crippen LogP contribution >= 0.6 is 0 Å². The maximum Gasteiger partial charge on any atom is 0.246 e. The molecule has 2 aromatic carbocycles. The highest BCUT2D eigenvalue weighted by Crippen LogP contribution is 2.17. The van der Waals surface area contributed by atoms with E-state index in [0.717, 1.165) is 34.1 Å². The first kappa shape index (κ1) is 19.3. The average molecular weight is 373 g/mol. The molecule has 5 nitrogen and oxygen atoms in total. The first-order chi connectivity index (χ1) is 13.6. The fourth-order valence-electron chi connectivity index (χ4n) is 2.98. The monoisotopic (exact) mass is 373 g/mol. The van der Waals surface area contributed by atoms with Crippen LogP contribution in [0, 0.1) is 0 Å². The topological polar surface area (TPSA) is 62.3 Å². The molecule has 3 aromatic rings. The molecule has 142 valence electrons. The van der Waals surface area contributed by atoms with Gasteiger partial charge in [0.05, 0.1) is 12.1 Å². The first-order valence-corrected chi connectivity index (χ1v) is 9.23. The van der Waals surface area contributed by atoms with Crippen LogP contribution in [-0.2, 0) is 16.0 Å². The summed E-state index contributed by atoms with van der Waals surface area (Å²) in [5, 5.41) is 3.89. The third-order valence-electron chi connectivity index (χ3n) is 4.50. The SMILES string of the molecule is CCc1ccccc1NC(=O)CN(C)C(=O)/C=C/c1cccc2cccnc12. The lowest BCUT2D eigenvalue weighted by Gasteiger charge is -2.16. The molecule has 0 aliphatic heterocycles. The van der Waals surface area contributed by atoms with Crippen LogP contribution in [0.4, 0.5) is 5.69 Å². The van der Waals surface area contributed by atoms with Crippen LogP contribution in [-0.4, -0.2) is 35.3 Å². The number of hydrogen-bond acceptors (Lipinski definition) is 3. The Morgan fingerprint density at radius 3 is 2.68 bits per heavy atom. The number of fused-ring (bicyclic) bond motifs is 1. The Labute approximate surface area is 164 Å². The summed E-state index contributed by atoms with van der Waals surface area (Å²) in [5.41, 5.74) is 3.55.